The highest BCUT2D eigenvalue weighted by molar-refractivity contribution is 5.90. The summed E-state index contributed by atoms with van der Waals surface area (Å²) in [7, 11) is 3.53. The Hall–Kier alpha value is -2.11. The van der Waals surface area contributed by atoms with Gasteiger partial charge in [0.25, 0.3) is 0 Å². The van der Waals surface area contributed by atoms with E-state index >= 15 is 0 Å². The number of aryl methyl sites for hydroxylation is 1. The van der Waals surface area contributed by atoms with Crippen molar-refractivity contribution in [1.29, 1.82) is 0 Å². The molecule has 25 heavy (non-hydrogen) atoms. The van der Waals surface area contributed by atoms with Crippen LogP contribution in [0.5, 0.6) is 0 Å². The fraction of sp³-hybridized carbons (Fsp3) is 0.632. The van der Waals surface area contributed by atoms with Gasteiger partial charge in [-0.1, -0.05) is 5.57 Å². The van der Waals surface area contributed by atoms with Crippen molar-refractivity contribution in [2.75, 3.05) is 20.1 Å². The van der Waals surface area contributed by atoms with E-state index in [1.807, 2.05) is 30.4 Å². The van der Waals surface area contributed by atoms with E-state index in [0.29, 0.717) is 24.9 Å². The minimum atomic E-state index is -0.211. The summed E-state index contributed by atoms with van der Waals surface area (Å²) in [6.07, 6.45) is 10.6. The van der Waals surface area contributed by atoms with Crippen LogP contribution >= 0.6 is 0 Å². The first-order chi connectivity index (χ1) is 12.1. The number of hydrogen-bond acceptors (Lipinski definition) is 3. The van der Waals surface area contributed by atoms with Crippen LogP contribution in [0.3, 0.4) is 0 Å². The molecule has 0 spiro atoms. The van der Waals surface area contributed by atoms with Gasteiger partial charge >= 0.3 is 0 Å². The number of carbonyl (C=O) groups excluding carboxylic acids is 2. The number of carbonyl (C=O) groups is 2. The van der Waals surface area contributed by atoms with Crippen LogP contribution in [0, 0.1) is 17.8 Å². The van der Waals surface area contributed by atoms with E-state index in [1.165, 1.54) is 31.3 Å². The standard InChI is InChI=1S/C19H26N4O2/c1-20-19(25)17-11-23(10-16(17)14-8-21-22(2)9-14)18(24)7-15(12-3-4-12)13-5-6-13/h7-9,12-13,16-17H,3-6,10-11H2,1-2H3,(H,20,25)/t16-,17+/m1/s1. The molecule has 134 valence electrons. The molecule has 6 heteroatoms. The average Bonchev–Trinajstić information content (AvgIpc) is 3.53. The van der Waals surface area contributed by atoms with Crippen molar-refractivity contribution in [2.45, 2.75) is 31.6 Å². The lowest BCUT2D eigenvalue weighted by molar-refractivity contribution is -0.126. The number of rotatable bonds is 5. The Morgan fingerprint density at radius 1 is 1.20 bits per heavy atom. The number of nitrogens with one attached hydrogen (secondary N) is 1. The molecule has 1 aliphatic heterocycles. The summed E-state index contributed by atoms with van der Waals surface area (Å²) < 4.78 is 1.75. The van der Waals surface area contributed by atoms with Gasteiger partial charge in [0.1, 0.15) is 0 Å². The lowest BCUT2D eigenvalue weighted by Gasteiger charge is -2.15. The monoisotopic (exact) mass is 342 g/mol. The lowest BCUT2D eigenvalue weighted by atomic mass is 9.90. The molecule has 1 saturated heterocycles. The molecule has 2 amide bonds. The van der Waals surface area contributed by atoms with E-state index < -0.39 is 0 Å². The second-order valence-corrected chi connectivity index (χ2v) is 7.71. The summed E-state index contributed by atoms with van der Waals surface area (Å²) in [5.74, 6) is 1.16. The zero-order valence-corrected chi connectivity index (χ0v) is 14.9. The van der Waals surface area contributed by atoms with Crippen molar-refractivity contribution in [2.24, 2.45) is 24.8 Å². The topological polar surface area (TPSA) is 67.2 Å². The van der Waals surface area contributed by atoms with E-state index in [2.05, 4.69) is 10.4 Å². The number of amides is 2. The van der Waals surface area contributed by atoms with E-state index in [-0.39, 0.29) is 23.7 Å². The molecule has 4 rings (SSSR count). The van der Waals surface area contributed by atoms with E-state index in [4.69, 9.17) is 0 Å². The Morgan fingerprint density at radius 2 is 1.88 bits per heavy atom. The molecule has 1 aromatic rings. The molecule has 3 aliphatic rings. The zero-order valence-electron chi connectivity index (χ0n) is 14.9. The molecular weight excluding hydrogens is 316 g/mol. The second-order valence-electron chi connectivity index (χ2n) is 7.71. The van der Waals surface area contributed by atoms with Gasteiger partial charge in [0.15, 0.2) is 0 Å². The number of aromatic nitrogens is 2. The Kier molecular flexibility index (Phi) is 4.13. The summed E-state index contributed by atoms with van der Waals surface area (Å²) in [4.78, 5) is 27.0. The van der Waals surface area contributed by atoms with Gasteiger partial charge in [0, 0.05) is 45.4 Å². The predicted octanol–water partition coefficient (Wildman–Crippen LogP) is 1.45. The van der Waals surface area contributed by atoms with Gasteiger partial charge in [-0.15, -0.1) is 0 Å². The molecule has 0 radical (unpaired) electrons. The lowest BCUT2D eigenvalue weighted by Crippen LogP contribution is -2.33. The van der Waals surface area contributed by atoms with Crippen molar-refractivity contribution in [3.63, 3.8) is 0 Å². The van der Waals surface area contributed by atoms with E-state index in [9.17, 15) is 9.59 Å². The normalized spacial score (nSPS) is 25.8. The molecule has 1 N–H and O–H groups in total. The fourth-order valence-electron chi connectivity index (χ4n) is 4.04. The van der Waals surface area contributed by atoms with Gasteiger partial charge in [0.2, 0.25) is 11.8 Å². The first-order valence-electron chi connectivity index (χ1n) is 9.27. The van der Waals surface area contributed by atoms with Crippen molar-refractivity contribution < 1.29 is 9.59 Å². The van der Waals surface area contributed by atoms with Crippen LogP contribution in [0.4, 0.5) is 0 Å². The molecule has 6 nitrogen and oxygen atoms in total. The summed E-state index contributed by atoms with van der Waals surface area (Å²) in [6.45, 7) is 1.07. The van der Waals surface area contributed by atoms with Crippen LogP contribution in [0.2, 0.25) is 0 Å². The van der Waals surface area contributed by atoms with Crippen LogP contribution in [0.15, 0.2) is 24.0 Å². The highest BCUT2D eigenvalue weighted by atomic mass is 16.2. The maximum absolute atomic E-state index is 12.9. The van der Waals surface area contributed by atoms with E-state index in [1.54, 1.807) is 11.7 Å². The summed E-state index contributed by atoms with van der Waals surface area (Å²) in [5.41, 5.74) is 2.39. The molecule has 1 aromatic heterocycles. The number of hydrogen-bond donors (Lipinski definition) is 1. The van der Waals surface area contributed by atoms with Gasteiger partial charge in [-0.2, -0.15) is 5.10 Å². The largest absolute Gasteiger partial charge is 0.359 e. The molecule has 2 saturated carbocycles. The highest BCUT2D eigenvalue weighted by Gasteiger charge is 2.41. The number of nitrogens with zero attached hydrogens (tertiary/aromatic N) is 3. The first kappa shape index (κ1) is 16.4. The third-order valence-corrected chi connectivity index (χ3v) is 5.76. The highest BCUT2D eigenvalue weighted by Crippen LogP contribution is 2.48. The second kappa shape index (κ2) is 6.32. The minimum absolute atomic E-state index is 0.00209. The van der Waals surface area contributed by atoms with Crippen molar-refractivity contribution in [3.8, 4) is 0 Å². The third-order valence-electron chi connectivity index (χ3n) is 5.76. The molecule has 3 fully saturated rings. The van der Waals surface area contributed by atoms with Crippen molar-refractivity contribution in [3.05, 3.63) is 29.6 Å². The van der Waals surface area contributed by atoms with Gasteiger partial charge in [-0.05, 0) is 43.1 Å². The Balaban J connectivity index is 1.53. The molecular formula is C19H26N4O2. The molecule has 2 aliphatic carbocycles. The van der Waals surface area contributed by atoms with Crippen molar-refractivity contribution >= 4 is 11.8 Å². The zero-order chi connectivity index (χ0) is 17.6. The van der Waals surface area contributed by atoms with Crippen LogP contribution < -0.4 is 5.32 Å². The average molecular weight is 342 g/mol. The Bertz CT molecular complexity index is 701. The fourth-order valence-corrected chi connectivity index (χ4v) is 4.04. The smallest absolute Gasteiger partial charge is 0.246 e. The van der Waals surface area contributed by atoms with Crippen LogP contribution in [-0.2, 0) is 16.6 Å². The number of likely N-dealkylation sites (tertiary alicyclic amines) is 1. The number of allylic oxidation sites excluding steroid dienone is 1. The van der Waals surface area contributed by atoms with Gasteiger partial charge in [-0.25, -0.2) is 0 Å². The van der Waals surface area contributed by atoms with E-state index in [0.717, 1.165) is 5.56 Å². The molecule has 0 bridgehead atoms. The minimum Gasteiger partial charge on any atom is -0.359 e. The van der Waals surface area contributed by atoms with Gasteiger partial charge < -0.3 is 10.2 Å². The third kappa shape index (κ3) is 3.34. The van der Waals surface area contributed by atoms with Crippen LogP contribution in [0.25, 0.3) is 0 Å². The van der Waals surface area contributed by atoms with Crippen molar-refractivity contribution in [1.82, 2.24) is 20.0 Å². The Labute approximate surface area is 148 Å². The molecule has 2 heterocycles. The molecule has 0 unspecified atom stereocenters. The van der Waals surface area contributed by atoms with Crippen LogP contribution in [0.1, 0.15) is 37.2 Å². The predicted molar refractivity (Wildman–Crippen MR) is 93.6 cm³/mol. The summed E-state index contributed by atoms with van der Waals surface area (Å²) in [5, 5.41) is 6.98. The van der Waals surface area contributed by atoms with Gasteiger partial charge in [0.05, 0.1) is 12.1 Å². The SMILES string of the molecule is CNC(=O)[C@H]1CN(C(=O)C=C(C2CC2)C2CC2)C[C@@H]1c1cnn(C)c1. The molecule has 0 aromatic carbocycles. The first-order valence-corrected chi connectivity index (χ1v) is 9.27. The quantitative estimate of drug-likeness (QED) is 0.824. The van der Waals surface area contributed by atoms with Gasteiger partial charge in [-0.3, -0.25) is 14.3 Å². The summed E-state index contributed by atoms with van der Waals surface area (Å²) >= 11 is 0. The maximum atomic E-state index is 12.9. The molecule has 2 atom stereocenters. The summed E-state index contributed by atoms with van der Waals surface area (Å²) in [6, 6.07) is 0. The van der Waals surface area contributed by atoms with Crippen LogP contribution in [-0.4, -0.2) is 46.6 Å². The maximum Gasteiger partial charge on any atom is 0.246 e. The Morgan fingerprint density at radius 3 is 2.40 bits per heavy atom.